The first-order chi connectivity index (χ1) is 15.4. The molecule has 0 aliphatic carbocycles. The van der Waals surface area contributed by atoms with E-state index < -0.39 is 10.2 Å². The van der Waals surface area contributed by atoms with Crippen LogP contribution in [0.4, 0.5) is 5.69 Å². The molecule has 4 rings (SSSR count). The smallest absolute Gasteiger partial charge is 0.281 e. The van der Waals surface area contributed by atoms with Crippen LogP contribution in [0.5, 0.6) is 0 Å². The highest BCUT2D eigenvalue weighted by Crippen LogP contribution is 2.27. The van der Waals surface area contributed by atoms with E-state index in [4.69, 9.17) is 11.6 Å². The van der Waals surface area contributed by atoms with Crippen LogP contribution in [0.15, 0.2) is 18.2 Å². The molecular weight excluding hydrogens is 448 g/mol. The Balaban J connectivity index is 1.36. The standard InChI is InChI=1S/C23H35ClN4O3S/c1-19-8-9-21(24)17-22(19)25-13-15-26(16-14-25)23(29)20-7-6-12-28(18-20)32(30,31)27-10-4-2-3-5-11-27/h8-9,17,20H,2-7,10-16,18H2,1H3/t20-/m1/s1. The first kappa shape index (κ1) is 23.8. The number of hydrogen-bond donors (Lipinski definition) is 0. The van der Waals surface area contributed by atoms with Crippen LogP contribution in [-0.4, -0.2) is 80.2 Å². The van der Waals surface area contributed by atoms with Crippen molar-refractivity contribution in [2.24, 2.45) is 5.92 Å². The van der Waals surface area contributed by atoms with E-state index in [-0.39, 0.29) is 11.8 Å². The maximum atomic E-state index is 13.3. The fourth-order valence-corrected chi connectivity index (χ4v) is 7.08. The highest BCUT2D eigenvalue weighted by molar-refractivity contribution is 7.86. The van der Waals surface area contributed by atoms with E-state index in [1.807, 2.05) is 23.1 Å². The highest BCUT2D eigenvalue weighted by atomic mass is 35.5. The average molecular weight is 483 g/mol. The van der Waals surface area contributed by atoms with Gasteiger partial charge in [-0.15, -0.1) is 0 Å². The Hall–Kier alpha value is -1.35. The Kier molecular flexibility index (Phi) is 7.65. The number of aryl methyl sites for hydroxylation is 1. The molecule has 0 spiro atoms. The molecule has 3 fully saturated rings. The fraction of sp³-hybridized carbons (Fsp3) is 0.696. The first-order valence-corrected chi connectivity index (χ1v) is 13.7. The molecule has 178 valence electrons. The minimum Gasteiger partial charge on any atom is -0.368 e. The number of piperazine rings is 1. The average Bonchev–Trinajstić information content (AvgIpc) is 3.11. The lowest BCUT2D eigenvalue weighted by molar-refractivity contribution is -0.137. The Morgan fingerprint density at radius 1 is 0.906 bits per heavy atom. The molecule has 1 atom stereocenters. The lowest BCUT2D eigenvalue weighted by Gasteiger charge is -2.40. The van der Waals surface area contributed by atoms with Gasteiger partial charge in [0.05, 0.1) is 5.92 Å². The first-order valence-electron chi connectivity index (χ1n) is 11.9. The number of carbonyl (C=O) groups excluding carboxylic acids is 1. The molecule has 0 unspecified atom stereocenters. The molecule has 3 aliphatic heterocycles. The second-order valence-corrected chi connectivity index (χ2v) is 11.6. The summed E-state index contributed by atoms with van der Waals surface area (Å²) < 4.78 is 29.6. The van der Waals surface area contributed by atoms with Gasteiger partial charge in [-0.25, -0.2) is 0 Å². The second kappa shape index (κ2) is 10.3. The summed E-state index contributed by atoms with van der Waals surface area (Å²) in [5.41, 5.74) is 2.30. The molecule has 1 aromatic carbocycles. The van der Waals surface area contributed by atoms with E-state index in [9.17, 15) is 13.2 Å². The lowest BCUT2D eigenvalue weighted by Crippen LogP contribution is -2.54. The lowest BCUT2D eigenvalue weighted by atomic mass is 9.97. The van der Waals surface area contributed by atoms with Crippen molar-refractivity contribution in [1.29, 1.82) is 0 Å². The zero-order chi connectivity index (χ0) is 22.7. The summed E-state index contributed by atoms with van der Waals surface area (Å²) in [4.78, 5) is 17.5. The molecule has 0 radical (unpaired) electrons. The molecule has 0 bridgehead atoms. The second-order valence-electron chi connectivity index (χ2n) is 9.26. The van der Waals surface area contributed by atoms with Crippen molar-refractivity contribution in [3.05, 3.63) is 28.8 Å². The predicted octanol–water partition coefficient (Wildman–Crippen LogP) is 3.13. The maximum Gasteiger partial charge on any atom is 0.281 e. The molecule has 1 amide bonds. The van der Waals surface area contributed by atoms with Crippen molar-refractivity contribution in [1.82, 2.24) is 13.5 Å². The van der Waals surface area contributed by atoms with Crippen molar-refractivity contribution in [2.75, 3.05) is 57.3 Å². The molecule has 3 saturated heterocycles. The molecule has 32 heavy (non-hydrogen) atoms. The number of halogens is 1. The maximum absolute atomic E-state index is 13.3. The number of carbonyl (C=O) groups is 1. The summed E-state index contributed by atoms with van der Waals surface area (Å²) in [5, 5.41) is 0.719. The van der Waals surface area contributed by atoms with Crippen LogP contribution < -0.4 is 4.90 Å². The summed E-state index contributed by atoms with van der Waals surface area (Å²) in [6.07, 6.45) is 5.53. The van der Waals surface area contributed by atoms with E-state index in [1.165, 1.54) is 5.56 Å². The van der Waals surface area contributed by atoms with Crippen molar-refractivity contribution >= 4 is 33.4 Å². The largest absolute Gasteiger partial charge is 0.368 e. The summed E-state index contributed by atoms with van der Waals surface area (Å²) in [7, 11) is -3.48. The Bertz CT molecular complexity index is 910. The van der Waals surface area contributed by atoms with Crippen LogP contribution in [-0.2, 0) is 15.0 Å². The van der Waals surface area contributed by atoms with Gasteiger partial charge in [0, 0.05) is 63.1 Å². The molecule has 3 heterocycles. The number of amides is 1. The number of benzene rings is 1. The predicted molar refractivity (Wildman–Crippen MR) is 128 cm³/mol. The van der Waals surface area contributed by atoms with Gasteiger partial charge in [-0.3, -0.25) is 4.79 Å². The van der Waals surface area contributed by atoms with E-state index >= 15 is 0 Å². The zero-order valence-electron chi connectivity index (χ0n) is 19.0. The van der Waals surface area contributed by atoms with E-state index in [0.29, 0.717) is 39.3 Å². The fourth-order valence-electron chi connectivity index (χ4n) is 5.14. The monoisotopic (exact) mass is 482 g/mol. The van der Waals surface area contributed by atoms with Gasteiger partial charge < -0.3 is 9.80 Å². The third-order valence-corrected chi connectivity index (χ3v) is 9.29. The normalized spacial score (nSPS) is 24.4. The molecular formula is C23H35ClN4O3S. The molecule has 1 aromatic rings. The van der Waals surface area contributed by atoms with Gasteiger partial charge in [0.1, 0.15) is 0 Å². The third kappa shape index (κ3) is 5.24. The topological polar surface area (TPSA) is 64.2 Å². The van der Waals surface area contributed by atoms with Crippen LogP contribution in [0.25, 0.3) is 0 Å². The number of nitrogens with zero attached hydrogens (tertiary/aromatic N) is 4. The number of hydrogen-bond acceptors (Lipinski definition) is 4. The van der Waals surface area contributed by atoms with Crippen molar-refractivity contribution < 1.29 is 13.2 Å². The van der Waals surface area contributed by atoms with Gasteiger partial charge in [-0.05, 0) is 50.3 Å². The van der Waals surface area contributed by atoms with Crippen LogP contribution >= 0.6 is 11.6 Å². The Labute approximate surface area is 197 Å². The van der Waals surface area contributed by atoms with Crippen LogP contribution in [0.2, 0.25) is 5.02 Å². The molecule has 3 aliphatic rings. The molecule has 0 aromatic heterocycles. The molecule has 7 nitrogen and oxygen atoms in total. The van der Waals surface area contributed by atoms with Gasteiger partial charge in [-0.2, -0.15) is 17.0 Å². The third-order valence-electron chi connectivity index (χ3n) is 7.05. The highest BCUT2D eigenvalue weighted by Gasteiger charge is 2.37. The number of piperidine rings is 1. The van der Waals surface area contributed by atoms with Gasteiger partial charge in [-0.1, -0.05) is 30.5 Å². The van der Waals surface area contributed by atoms with E-state index in [1.54, 1.807) is 8.61 Å². The summed E-state index contributed by atoms with van der Waals surface area (Å²) in [6, 6.07) is 5.91. The molecule has 0 N–H and O–H groups in total. The minimum atomic E-state index is -3.48. The van der Waals surface area contributed by atoms with Crippen molar-refractivity contribution in [3.63, 3.8) is 0 Å². The molecule has 0 saturated carbocycles. The van der Waals surface area contributed by atoms with Crippen LogP contribution in [0.3, 0.4) is 0 Å². The van der Waals surface area contributed by atoms with Crippen molar-refractivity contribution in [2.45, 2.75) is 45.4 Å². The zero-order valence-corrected chi connectivity index (χ0v) is 20.6. The minimum absolute atomic E-state index is 0.100. The number of anilines is 1. The van der Waals surface area contributed by atoms with Gasteiger partial charge in [0.25, 0.3) is 10.2 Å². The van der Waals surface area contributed by atoms with Gasteiger partial charge in [0.2, 0.25) is 5.91 Å². The van der Waals surface area contributed by atoms with E-state index in [2.05, 4.69) is 11.8 Å². The Morgan fingerprint density at radius 2 is 1.56 bits per heavy atom. The van der Waals surface area contributed by atoms with Gasteiger partial charge in [0.15, 0.2) is 0 Å². The number of rotatable bonds is 4. The quantitative estimate of drug-likeness (QED) is 0.661. The summed E-state index contributed by atoms with van der Waals surface area (Å²) in [6.45, 7) is 6.93. The summed E-state index contributed by atoms with van der Waals surface area (Å²) >= 11 is 6.18. The Morgan fingerprint density at radius 3 is 2.25 bits per heavy atom. The van der Waals surface area contributed by atoms with Crippen LogP contribution in [0.1, 0.15) is 44.1 Å². The molecule has 9 heteroatoms. The van der Waals surface area contributed by atoms with E-state index in [0.717, 1.165) is 62.3 Å². The van der Waals surface area contributed by atoms with Gasteiger partial charge >= 0.3 is 0 Å². The summed E-state index contributed by atoms with van der Waals surface area (Å²) in [5.74, 6) is -0.145. The van der Waals surface area contributed by atoms with Crippen LogP contribution in [0, 0.1) is 12.8 Å². The SMILES string of the molecule is Cc1ccc(Cl)cc1N1CCN(C(=O)[C@@H]2CCCN(S(=O)(=O)N3CCCCCC3)C2)CC1. The van der Waals surface area contributed by atoms with Crippen molar-refractivity contribution in [3.8, 4) is 0 Å².